The van der Waals surface area contributed by atoms with Crippen LogP contribution in [0.2, 0.25) is 0 Å². The van der Waals surface area contributed by atoms with E-state index in [1.54, 1.807) is 24.3 Å². The summed E-state index contributed by atoms with van der Waals surface area (Å²) in [6.45, 7) is 7.40. The predicted octanol–water partition coefficient (Wildman–Crippen LogP) is 3.43. The minimum absolute atomic E-state index is 0.0626. The molecule has 0 unspecified atom stereocenters. The standard InChI is InChI=1S/C20H25NO3/c1-20(2,3)16-6-10-18(11-7-16)24-13-12-21-19(23)14-15-4-8-17(22)9-5-15/h4-11,22H,12-14H2,1-3H3,(H,21,23). The summed E-state index contributed by atoms with van der Waals surface area (Å²) in [4.78, 5) is 11.8. The number of benzene rings is 2. The van der Waals surface area contributed by atoms with Crippen LogP contribution in [-0.4, -0.2) is 24.2 Å². The van der Waals surface area contributed by atoms with Gasteiger partial charge in [0.25, 0.3) is 0 Å². The second-order valence-corrected chi connectivity index (χ2v) is 6.82. The van der Waals surface area contributed by atoms with Crippen LogP contribution in [-0.2, 0) is 16.6 Å². The number of carbonyl (C=O) groups excluding carboxylic acids is 1. The Morgan fingerprint density at radius 3 is 2.25 bits per heavy atom. The van der Waals surface area contributed by atoms with Crippen molar-refractivity contribution in [3.63, 3.8) is 0 Å². The molecule has 4 nitrogen and oxygen atoms in total. The fourth-order valence-electron chi connectivity index (χ4n) is 2.27. The van der Waals surface area contributed by atoms with Crippen molar-refractivity contribution in [2.24, 2.45) is 0 Å². The molecule has 128 valence electrons. The van der Waals surface area contributed by atoms with Crippen molar-refractivity contribution >= 4 is 5.91 Å². The van der Waals surface area contributed by atoms with Gasteiger partial charge in [0.2, 0.25) is 5.91 Å². The maximum Gasteiger partial charge on any atom is 0.224 e. The van der Waals surface area contributed by atoms with E-state index in [4.69, 9.17) is 4.74 Å². The molecule has 24 heavy (non-hydrogen) atoms. The molecule has 4 heteroatoms. The largest absolute Gasteiger partial charge is 0.508 e. The maximum absolute atomic E-state index is 11.8. The summed E-state index contributed by atoms with van der Waals surface area (Å²) in [6.07, 6.45) is 0.292. The molecule has 0 fully saturated rings. The summed E-state index contributed by atoms with van der Waals surface area (Å²) >= 11 is 0. The molecule has 0 spiro atoms. The van der Waals surface area contributed by atoms with E-state index in [2.05, 4.69) is 38.2 Å². The van der Waals surface area contributed by atoms with E-state index < -0.39 is 0 Å². The van der Waals surface area contributed by atoms with Gasteiger partial charge in [-0.1, -0.05) is 45.0 Å². The Morgan fingerprint density at radius 2 is 1.67 bits per heavy atom. The highest BCUT2D eigenvalue weighted by atomic mass is 16.5. The minimum atomic E-state index is -0.0626. The van der Waals surface area contributed by atoms with Gasteiger partial charge in [-0.3, -0.25) is 4.79 Å². The van der Waals surface area contributed by atoms with Gasteiger partial charge in [-0.2, -0.15) is 0 Å². The molecule has 0 saturated heterocycles. The average molecular weight is 327 g/mol. The van der Waals surface area contributed by atoms with Crippen LogP contribution in [0, 0.1) is 0 Å². The van der Waals surface area contributed by atoms with E-state index in [-0.39, 0.29) is 17.1 Å². The fraction of sp³-hybridized carbons (Fsp3) is 0.350. The van der Waals surface area contributed by atoms with Gasteiger partial charge >= 0.3 is 0 Å². The summed E-state index contributed by atoms with van der Waals surface area (Å²) in [6, 6.07) is 14.7. The Kier molecular flexibility index (Phi) is 5.85. The van der Waals surface area contributed by atoms with Gasteiger partial charge in [0, 0.05) is 0 Å². The highest BCUT2D eigenvalue weighted by molar-refractivity contribution is 5.78. The lowest BCUT2D eigenvalue weighted by atomic mass is 9.87. The molecule has 2 rings (SSSR count). The minimum Gasteiger partial charge on any atom is -0.508 e. The summed E-state index contributed by atoms with van der Waals surface area (Å²) in [5, 5.41) is 12.0. The number of phenols is 1. The molecule has 0 bridgehead atoms. The highest BCUT2D eigenvalue weighted by Gasteiger charge is 2.12. The smallest absolute Gasteiger partial charge is 0.224 e. The third-order valence-electron chi connectivity index (χ3n) is 3.71. The molecule has 0 heterocycles. The summed E-state index contributed by atoms with van der Waals surface area (Å²) < 4.78 is 5.64. The SMILES string of the molecule is CC(C)(C)c1ccc(OCCNC(=O)Cc2ccc(O)cc2)cc1. The van der Waals surface area contributed by atoms with Crippen molar-refractivity contribution in [3.8, 4) is 11.5 Å². The monoisotopic (exact) mass is 327 g/mol. The van der Waals surface area contributed by atoms with Crippen molar-refractivity contribution in [3.05, 3.63) is 59.7 Å². The lowest BCUT2D eigenvalue weighted by Crippen LogP contribution is -2.29. The Bertz CT molecular complexity index is 655. The van der Waals surface area contributed by atoms with E-state index in [0.29, 0.717) is 19.6 Å². The molecule has 2 N–H and O–H groups in total. The zero-order chi connectivity index (χ0) is 17.6. The summed E-state index contributed by atoms with van der Waals surface area (Å²) in [5.74, 6) is 0.938. The number of ether oxygens (including phenoxy) is 1. The maximum atomic E-state index is 11.8. The summed E-state index contributed by atoms with van der Waals surface area (Å²) in [5.41, 5.74) is 2.25. The first-order chi connectivity index (χ1) is 11.3. The average Bonchev–Trinajstić information content (AvgIpc) is 2.53. The number of hydrogen-bond donors (Lipinski definition) is 2. The second kappa shape index (κ2) is 7.86. The van der Waals surface area contributed by atoms with Gasteiger partial charge in [-0.05, 0) is 40.8 Å². The van der Waals surface area contributed by atoms with E-state index in [1.165, 1.54) is 5.56 Å². The first kappa shape index (κ1) is 17.9. The molecule has 0 aromatic heterocycles. The van der Waals surface area contributed by atoms with Gasteiger partial charge in [-0.25, -0.2) is 0 Å². The number of amides is 1. The Hall–Kier alpha value is -2.49. The predicted molar refractivity (Wildman–Crippen MR) is 95.5 cm³/mol. The second-order valence-electron chi connectivity index (χ2n) is 6.82. The highest BCUT2D eigenvalue weighted by Crippen LogP contribution is 2.24. The van der Waals surface area contributed by atoms with Crippen molar-refractivity contribution in [1.29, 1.82) is 0 Å². The molecule has 1 amide bonds. The molecular weight excluding hydrogens is 302 g/mol. The Balaban J connectivity index is 1.70. The molecule has 0 atom stereocenters. The van der Waals surface area contributed by atoms with Gasteiger partial charge in [0.15, 0.2) is 0 Å². The molecule has 0 aliphatic carbocycles. The fourth-order valence-corrected chi connectivity index (χ4v) is 2.27. The summed E-state index contributed by atoms with van der Waals surface area (Å²) in [7, 11) is 0. The topological polar surface area (TPSA) is 58.6 Å². The van der Waals surface area contributed by atoms with Crippen LogP contribution in [0.5, 0.6) is 11.5 Å². The zero-order valence-electron chi connectivity index (χ0n) is 14.5. The third kappa shape index (κ3) is 5.61. The van der Waals surface area contributed by atoms with Gasteiger partial charge in [0.1, 0.15) is 18.1 Å². The number of aromatic hydroxyl groups is 1. The zero-order valence-corrected chi connectivity index (χ0v) is 14.5. The van der Waals surface area contributed by atoms with Crippen LogP contribution < -0.4 is 10.1 Å². The molecular formula is C20H25NO3. The van der Waals surface area contributed by atoms with Crippen molar-refractivity contribution in [2.45, 2.75) is 32.6 Å². The Labute approximate surface area is 143 Å². The van der Waals surface area contributed by atoms with Crippen molar-refractivity contribution in [2.75, 3.05) is 13.2 Å². The van der Waals surface area contributed by atoms with E-state index in [0.717, 1.165) is 11.3 Å². The number of rotatable bonds is 6. The van der Waals surface area contributed by atoms with Crippen LogP contribution in [0.3, 0.4) is 0 Å². The van der Waals surface area contributed by atoms with Crippen LogP contribution in [0.25, 0.3) is 0 Å². The van der Waals surface area contributed by atoms with Crippen LogP contribution in [0.1, 0.15) is 31.9 Å². The molecule has 2 aromatic rings. The van der Waals surface area contributed by atoms with E-state index >= 15 is 0 Å². The lowest BCUT2D eigenvalue weighted by Gasteiger charge is -2.19. The first-order valence-electron chi connectivity index (χ1n) is 8.12. The van der Waals surface area contributed by atoms with E-state index in [1.807, 2.05) is 12.1 Å². The van der Waals surface area contributed by atoms with Crippen molar-refractivity contribution in [1.82, 2.24) is 5.32 Å². The van der Waals surface area contributed by atoms with E-state index in [9.17, 15) is 9.90 Å². The van der Waals surface area contributed by atoms with Gasteiger partial charge in [-0.15, -0.1) is 0 Å². The van der Waals surface area contributed by atoms with Crippen LogP contribution >= 0.6 is 0 Å². The van der Waals surface area contributed by atoms with Crippen LogP contribution in [0.4, 0.5) is 0 Å². The van der Waals surface area contributed by atoms with Gasteiger partial charge in [0.05, 0.1) is 13.0 Å². The number of phenolic OH excluding ortho intramolecular Hbond substituents is 1. The van der Waals surface area contributed by atoms with Crippen LogP contribution in [0.15, 0.2) is 48.5 Å². The molecule has 0 saturated carbocycles. The normalized spacial score (nSPS) is 11.1. The third-order valence-corrected chi connectivity index (χ3v) is 3.71. The molecule has 0 radical (unpaired) electrons. The quantitative estimate of drug-likeness (QED) is 0.799. The molecule has 0 aliphatic rings. The Morgan fingerprint density at radius 1 is 1.04 bits per heavy atom. The van der Waals surface area contributed by atoms with Crippen molar-refractivity contribution < 1.29 is 14.6 Å². The first-order valence-corrected chi connectivity index (χ1v) is 8.12. The molecule has 0 aliphatic heterocycles. The lowest BCUT2D eigenvalue weighted by molar-refractivity contribution is -0.120. The van der Waals surface area contributed by atoms with Gasteiger partial charge < -0.3 is 15.2 Å². The molecule has 2 aromatic carbocycles. The number of nitrogens with one attached hydrogen (secondary N) is 1. The number of carbonyl (C=O) groups is 1. The number of hydrogen-bond acceptors (Lipinski definition) is 3.